The van der Waals surface area contributed by atoms with Crippen LogP contribution in [0.15, 0.2) is 77.8 Å². The Morgan fingerprint density at radius 1 is 0.848 bits per heavy atom. The van der Waals surface area contributed by atoms with Gasteiger partial charge in [-0.1, -0.05) is 87.0 Å². The number of anilines is 1. The first-order valence-electron chi connectivity index (χ1n) is 11.9. The summed E-state index contributed by atoms with van der Waals surface area (Å²) in [7, 11) is 0. The molecular formula is C30H32N2O. The van der Waals surface area contributed by atoms with Gasteiger partial charge in [0.25, 0.3) is 0 Å². The van der Waals surface area contributed by atoms with Gasteiger partial charge in [-0.05, 0) is 53.5 Å². The second-order valence-electron chi connectivity index (χ2n) is 10.6. The summed E-state index contributed by atoms with van der Waals surface area (Å²) in [6.07, 6.45) is 1.36. The first-order chi connectivity index (χ1) is 15.8. The van der Waals surface area contributed by atoms with Gasteiger partial charge in [0.1, 0.15) is 5.78 Å². The van der Waals surface area contributed by atoms with Gasteiger partial charge >= 0.3 is 0 Å². The molecule has 0 radical (unpaired) electrons. The van der Waals surface area contributed by atoms with E-state index < -0.39 is 0 Å². The van der Waals surface area contributed by atoms with Crippen molar-refractivity contribution in [2.24, 2.45) is 10.9 Å². The highest BCUT2D eigenvalue weighted by Gasteiger charge is 2.41. The molecule has 1 aliphatic heterocycles. The highest BCUT2D eigenvalue weighted by atomic mass is 16.1. The standard InChI is InChI=1S/C30H32N2O/c1-19-9-11-21(12-10-19)29-28-26(31-24-7-5-6-8-25(24)32-29)17-22(18-27(28)33)20-13-15-23(16-14-20)30(2,3)4/h5-16,22,28-29,32H,17-18H2,1-4H3/t22-,28-,29-/m1/s1. The van der Waals surface area contributed by atoms with E-state index in [4.69, 9.17) is 4.99 Å². The number of fused-ring (bicyclic) bond motifs is 2. The number of aliphatic imine (C=N–C) groups is 1. The second kappa shape index (κ2) is 8.30. The Bertz CT molecular complexity index is 1200. The van der Waals surface area contributed by atoms with Gasteiger partial charge in [-0.15, -0.1) is 0 Å². The maximum Gasteiger partial charge on any atom is 0.144 e. The molecule has 3 aromatic carbocycles. The first kappa shape index (κ1) is 21.6. The predicted octanol–water partition coefficient (Wildman–Crippen LogP) is 7.29. The summed E-state index contributed by atoms with van der Waals surface area (Å²) in [5.41, 5.74) is 7.93. The van der Waals surface area contributed by atoms with E-state index in [1.807, 2.05) is 18.2 Å². The lowest BCUT2D eigenvalue weighted by Crippen LogP contribution is -2.38. The number of Topliss-reactive ketones (excluding diaryl/α,β-unsaturated/α-hetero) is 1. The summed E-state index contributed by atoms with van der Waals surface area (Å²) in [6, 6.07) is 25.4. The Morgan fingerprint density at radius 2 is 1.52 bits per heavy atom. The summed E-state index contributed by atoms with van der Waals surface area (Å²) in [6.45, 7) is 8.78. The lowest BCUT2D eigenvalue weighted by Gasteiger charge is -2.34. The fourth-order valence-corrected chi connectivity index (χ4v) is 5.14. The van der Waals surface area contributed by atoms with E-state index in [9.17, 15) is 4.79 Å². The van der Waals surface area contributed by atoms with Crippen molar-refractivity contribution in [3.05, 3.63) is 95.1 Å². The summed E-state index contributed by atoms with van der Waals surface area (Å²) in [5.74, 6) is 0.200. The van der Waals surface area contributed by atoms with E-state index in [2.05, 4.69) is 87.6 Å². The zero-order valence-corrected chi connectivity index (χ0v) is 19.9. The van der Waals surface area contributed by atoms with Crippen LogP contribution in [0.2, 0.25) is 0 Å². The zero-order valence-electron chi connectivity index (χ0n) is 19.9. The van der Waals surface area contributed by atoms with Crippen LogP contribution in [0.5, 0.6) is 0 Å². The molecule has 3 atom stereocenters. The van der Waals surface area contributed by atoms with Gasteiger partial charge in [-0.25, -0.2) is 0 Å². The van der Waals surface area contributed by atoms with E-state index in [1.54, 1.807) is 0 Å². The molecule has 0 spiro atoms. The number of hydrogen-bond acceptors (Lipinski definition) is 3. The maximum absolute atomic E-state index is 13.7. The first-order valence-corrected chi connectivity index (χ1v) is 11.9. The number of aryl methyl sites for hydroxylation is 1. The van der Waals surface area contributed by atoms with Gasteiger partial charge in [0.15, 0.2) is 0 Å². The third-order valence-corrected chi connectivity index (χ3v) is 7.11. The van der Waals surface area contributed by atoms with E-state index in [0.717, 1.165) is 29.1 Å². The van der Waals surface area contributed by atoms with Gasteiger partial charge in [-0.3, -0.25) is 9.79 Å². The molecular weight excluding hydrogens is 404 g/mol. The van der Waals surface area contributed by atoms with Gasteiger partial charge in [0, 0.05) is 12.1 Å². The quantitative estimate of drug-likeness (QED) is 0.458. The lowest BCUT2D eigenvalue weighted by molar-refractivity contribution is -0.122. The molecule has 0 saturated heterocycles. The average molecular weight is 437 g/mol. The number of benzene rings is 3. The molecule has 3 heteroatoms. The van der Waals surface area contributed by atoms with Gasteiger partial charge in [-0.2, -0.15) is 0 Å². The van der Waals surface area contributed by atoms with Crippen LogP contribution in [0.3, 0.4) is 0 Å². The van der Waals surface area contributed by atoms with Gasteiger partial charge in [0.2, 0.25) is 0 Å². The van der Waals surface area contributed by atoms with Crippen LogP contribution < -0.4 is 5.32 Å². The monoisotopic (exact) mass is 436 g/mol. The Labute approximate surface area is 197 Å². The number of carbonyl (C=O) groups excluding carboxylic acids is 1. The average Bonchev–Trinajstić information content (AvgIpc) is 2.96. The molecule has 1 fully saturated rings. The molecule has 1 saturated carbocycles. The van der Waals surface area contributed by atoms with Crippen LogP contribution in [0.25, 0.3) is 0 Å². The SMILES string of the molecule is Cc1ccc([C@H]2Nc3ccccc3N=C3C[C@@H](c4ccc(C(C)(C)C)cc4)CC(=O)[C@@H]32)cc1. The smallest absolute Gasteiger partial charge is 0.144 e. The van der Waals surface area contributed by atoms with E-state index in [0.29, 0.717) is 6.42 Å². The number of para-hydroxylation sites is 2. The van der Waals surface area contributed by atoms with Crippen LogP contribution >= 0.6 is 0 Å². The van der Waals surface area contributed by atoms with Crippen molar-refractivity contribution >= 4 is 22.9 Å². The minimum Gasteiger partial charge on any atom is -0.375 e. The van der Waals surface area contributed by atoms with Gasteiger partial charge in [0.05, 0.1) is 23.3 Å². The Morgan fingerprint density at radius 3 is 2.21 bits per heavy atom. The van der Waals surface area contributed by atoms with E-state index in [-0.39, 0.29) is 29.1 Å². The number of ketones is 1. The fraction of sp³-hybridized carbons (Fsp3) is 0.333. The van der Waals surface area contributed by atoms with Crippen molar-refractivity contribution in [2.75, 3.05) is 5.32 Å². The minimum absolute atomic E-state index is 0.107. The molecule has 0 aromatic heterocycles. The van der Waals surface area contributed by atoms with Crippen LogP contribution in [-0.2, 0) is 10.2 Å². The van der Waals surface area contributed by atoms with Crippen LogP contribution in [-0.4, -0.2) is 11.5 Å². The number of hydrogen-bond donors (Lipinski definition) is 1. The molecule has 0 amide bonds. The number of carbonyl (C=O) groups is 1. The maximum atomic E-state index is 13.7. The Balaban J connectivity index is 1.53. The molecule has 0 unspecified atom stereocenters. The normalized spacial score (nSPS) is 22.5. The van der Waals surface area contributed by atoms with E-state index in [1.165, 1.54) is 16.7 Å². The van der Waals surface area contributed by atoms with E-state index >= 15 is 0 Å². The Kier molecular flexibility index (Phi) is 5.44. The largest absolute Gasteiger partial charge is 0.375 e. The van der Waals surface area contributed by atoms with Crippen LogP contribution in [0.4, 0.5) is 11.4 Å². The summed E-state index contributed by atoms with van der Waals surface area (Å²) in [5, 5.41) is 3.67. The third-order valence-electron chi connectivity index (χ3n) is 7.11. The van der Waals surface area contributed by atoms with Crippen LogP contribution in [0.1, 0.15) is 67.8 Å². The molecule has 2 aliphatic rings. The molecule has 1 heterocycles. The second-order valence-corrected chi connectivity index (χ2v) is 10.6. The molecule has 1 aliphatic carbocycles. The number of nitrogens with zero attached hydrogens (tertiary/aromatic N) is 1. The summed E-state index contributed by atoms with van der Waals surface area (Å²) < 4.78 is 0. The molecule has 1 N–H and O–H groups in total. The number of nitrogens with one attached hydrogen (secondary N) is 1. The Hall–Kier alpha value is -3.20. The van der Waals surface area contributed by atoms with Crippen molar-refractivity contribution in [3.8, 4) is 0 Å². The molecule has 0 bridgehead atoms. The molecule has 3 nitrogen and oxygen atoms in total. The lowest BCUT2D eigenvalue weighted by atomic mass is 9.72. The highest BCUT2D eigenvalue weighted by molar-refractivity contribution is 6.10. The topological polar surface area (TPSA) is 41.5 Å². The highest BCUT2D eigenvalue weighted by Crippen LogP contribution is 2.44. The summed E-state index contributed by atoms with van der Waals surface area (Å²) in [4.78, 5) is 18.7. The number of rotatable bonds is 2. The van der Waals surface area contributed by atoms with Crippen molar-refractivity contribution in [2.45, 2.75) is 57.9 Å². The summed E-state index contributed by atoms with van der Waals surface area (Å²) >= 11 is 0. The molecule has 5 rings (SSSR count). The molecule has 33 heavy (non-hydrogen) atoms. The minimum atomic E-state index is -0.245. The third kappa shape index (κ3) is 4.25. The molecule has 168 valence electrons. The van der Waals surface area contributed by atoms with Crippen LogP contribution in [0, 0.1) is 12.8 Å². The zero-order chi connectivity index (χ0) is 23.2. The predicted molar refractivity (Wildman–Crippen MR) is 137 cm³/mol. The van der Waals surface area contributed by atoms with Crippen molar-refractivity contribution in [3.63, 3.8) is 0 Å². The fourth-order valence-electron chi connectivity index (χ4n) is 5.14. The van der Waals surface area contributed by atoms with Crippen molar-refractivity contribution in [1.82, 2.24) is 0 Å². The van der Waals surface area contributed by atoms with Gasteiger partial charge < -0.3 is 5.32 Å². The van der Waals surface area contributed by atoms with Crippen molar-refractivity contribution < 1.29 is 4.79 Å². The molecule has 3 aromatic rings. The van der Waals surface area contributed by atoms with Crippen molar-refractivity contribution in [1.29, 1.82) is 0 Å².